The van der Waals surface area contributed by atoms with Gasteiger partial charge in [-0.3, -0.25) is 4.79 Å². The third kappa shape index (κ3) is 3.67. The summed E-state index contributed by atoms with van der Waals surface area (Å²) in [5.41, 5.74) is 1.08. The standard InChI is InChI=1S/C20H28F2N6O/c1-3-28-17-14(26-18(28)15(21)22)16(24-12-25-17)23-9-6-10-27(2)19(29)13-11-20(13)7-4-5-8-20/h12-13,15H,3-11H2,1-2H3,(H,23,24,25). The second-order valence-electron chi connectivity index (χ2n) is 8.28. The Bertz CT molecular complexity index is 892. The first-order valence-electron chi connectivity index (χ1n) is 10.4. The Labute approximate surface area is 168 Å². The lowest BCUT2D eigenvalue weighted by Gasteiger charge is -2.19. The number of aryl methyl sites for hydroxylation is 1. The third-order valence-electron chi connectivity index (χ3n) is 6.50. The second-order valence-corrected chi connectivity index (χ2v) is 8.28. The molecule has 29 heavy (non-hydrogen) atoms. The molecule has 0 aromatic carbocycles. The highest BCUT2D eigenvalue weighted by molar-refractivity contribution is 5.83. The molecule has 1 atom stereocenters. The summed E-state index contributed by atoms with van der Waals surface area (Å²) in [6.45, 7) is 3.37. The SMILES string of the molecule is CCn1c(C(F)F)nc2c(NCCCN(C)C(=O)C3CC34CCCC4)ncnc21. The van der Waals surface area contributed by atoms with Crippen molar-refractivity contribution in [3.05, 3.63) is 12.2 Å². The van der Waals surface area contributed by atoms with Gasteiger partial charge in [0.15, 0.2) is 22.8 Å². The zero-order valence-corrected chi connectivity index (χ0v) is 17.0. The molecule has 7 nitrogen and oxygen atoms in total. The number of hydrogen-bond acceptors (Lipinski definition) is 5. The summed E-state index contributed by atoms with van der Waals surface area (Å²) in [5, 5.41) is 3.17. The third-order valence-corrected chi connectivity index (χ3v) is 6.50. The number of alkyl halides is 2. The van der Waals surface area contributed by atoms with Gasteiger partial charge in [0.1, 0.15) is 6.33 Å². The van der Waals surface area contributed by atoms with Gasteiger partial charge in [0.05, 0.1) is 0 Å². The maximum atomic E-state index is 13.2. The Kier molecular flexibility index (Phi) is 5.40. The number of rotatable bonds is 8. The fourth-order valence-electron chi connectivity index (χ4n) is 4.79. The normalized spacial score (nSPS) is 20.0. The number of nitrogens with one attached hydrogen (secondary N) is 1. The molecule has 4 rings (SSSR count). The molecule has 0 bridgehead atoms. The number of carbonyl (C=O) groups is 1. The predicted molar refractivity (Wildman–Crippen MR) is 106 cm³/mol. The van der Waals surface area contributed by atoms with Crippen LogP contribution in [0.5, 0.6) is 0 Å². The molecule has 2 saturated carbocycles. The first-order chi connectivity index (χ1) is 14.0. The summed E-state index contributed by atoms with van der Waals surface area (Å²) >= 11 is 0. The van der Waals surface area contributed by atoms with E-state index in [9.17, 15) is 13.6 Å². The summed E-state index contributed by atoms with van der Waals surface area (Å²) in [5.74, 6) is 0.640. The number of anilines is 1. The lowest BCUT2D eigenvalue weighted by Crippen LogP contribution is -2.31. The smallest absolute Gasteiger partial charge is 0.295 e. The van der Waals surface area contributed by atoms with Crippen molar-refractivity contribution in [1.82, 2.24) is 24.4 Å². The van der Waals surface area contributed by atoms with Crippen LogP contribution in [0.2, 0.25) is 0 Å². The van der Waals surface area contributed by atoms with Crippen LogP contribution in [-0.4, -0.2) is 50.5 Å². The van der Waals surface area contributed by atoms with Gasteiger partial charge in [-0.2, -0.15) is 0 Å². The molecule has 1 spiro atoms. The molecule has 1 unspecified atom stereocenters. The van der Waals surface area contributed by atoms with E-state index in [4.69, 9.17) is 0 Å². The van der Waals surface area contributed by atoms with Gasteiger partial charge in [-0.1, -0.05) is 12.8 Å². The second kappa shape index (κ2) is 7.84. The van der Waals surface area contributed by atoms with Crippen LogP contribution in [0, 0.1) is 11.3 Å². The lowest BCUT2D eigenvalue weighted by atomic mass is 10.0. The number of imidazole rings is 1. The monoisotopic (exact) mass is 406 g/mol. The molecule has 2 heterocycles. The van der Waals surface area contributed by atoms with Crippen molar-refractivity contribution in [2.45, 2.75) is 58.4 Å². The first-order valence-corrected chi connectivity index (χ1v) is 10.4. The molecule has 1 N–H and O–H groups in total. The Morgan fingerprint density at radius 1 is 1.38 bits per heavy atom. The van der Waals surface area contributed by atoms with E-state index in [0.29, 0.717) is 42.0 Å². The van der Waals surface area contributed by atoms with Crippen LogP contribution in [0.1, 0.15) is 57.7 Å². The highest BCUT2D eigenvalue weighted by Crippen LogP contribution is 2.63. The van der Waals surface area contributed by atoms with Gasteiger partial charge < -0.3 is 14.8 Å². The number of halogens is 2. The van der Waals surface area contributed by atoms with E-state index in [-0.39, 0.29) is 17.6 Å². The highest BCUT2D eigenvalue weighted by Gasteiger charge is 2.59. The van der Waals surface area contributed by atoms with E-state index >= 15 is 0 Å². The summed E-state index contributed by atoms with van der Waals surface area (Å²) in [7, 11) is 1.87. The number of fused-ring (bicyclic) bond motifs is 1. The molecule has 158 valence electrons. The summed E-state index contributed by atoms with van der Waals surface area (Å²) in [6.07, 6.45) is 5.40. The molecule has 2 aromatic rings. The van der Waals surface area contributed by atoms with Crippen molar-refractivity contribution >= 4 is 22.9 Å². The molecule has 2 aromatic heterocycles. The lowest BCUT2D eigenvalue weighted by molar-refractivity contribution is -0.132. The van der Waals surface area contributed by atoms with E-state index in [1.54, 1.807) is 6.92 Å². The van der Waals surface area contributed by atoms with Gasteiger partial charge in [0, 0.05) is 32.6 Å². The van der Waals surface area contributed by atoms with Gasteiger partial charge in [-0.05, 0) is 38.0 Å². The van der Waals surface area contributed by atoms with Crippen molar-refractivity contribution in [2.75, 3.05) is 25.5 Å². The van der Waals surface area contributed by atoms with Crippen molar-refractivity contribution in [2.24, 2.45) is 11.3 Å². The maximum absolute atomic E-state index is 13.2. The van der Waals surface area contributed by atoms with E-state index in [1.165, 1.54) is 36.6 Å². The summed E-state index contributed by atoms with van der Waals surface area (Å²) in [4.78, 5) is 26.8. The summed E-state index contributed by atoms with van der Waals surface area (Å²) < 4.78 is 27.9. The zero-order chi connectivity index (χ0) is 20.6. The number of carbonyl (C=O) groups excluding carboxylic acids is 1. The van der Waals surface area contributed by atoms with Gasteiger partial charge >= 0.3 is 0 Å². The molecule has 1 amide bonds. The molecular weight excluding hydrogens is 378 g/mol. The molecule has 9 heteroatoms. The van der Waals surface area contributed by atoms with Crippen LogP contribution in [0.25, 0.3) is 11.2 Å². The molecule has 2 aliphatic rings. The van der Waals surface area contributed by atoms with Gasteiger partial charge in [-0.15, -0.1) is 0 Å². The van der Waals surface area contributed by atoms with Crippen LogP contribution in [0.15, 0.2) is 6.33 Å². The van der Waals surface area contributed by atoms with Gasteiger partial charge in [0.25, 0.3) is 6.43 Å². The van der Waals surface area contributed by atoms with Crippen molar-refractivity contribution in [3.8, 4) is 0 Å². The predicted octanol–water partition coefficient (Wildman–Crippen LogP) is 3.62. The average Bonchev–Trinajstić information content (AvgIpc) is 3.03. The maximum Gasteiger partial charge on any atom is 0.295 e. The number of hydrogen-bond donors (Lipinski definition) is 1. The van der Waals surface area contributed by atoms with Crippen molar-refractivity contribution < 1.29 is 13.6 Å². The van der Waals surface area contributed by atoms with E-state index in [0.717, 1.165) is 12.8 Å². The van der Waals surface area contributed by atoms with Crippen LogP contribution >= 0.6 is 0 Å². The Morgan fingerprint density at radius 2 is 2.14 bits per heavy atom. The zero-order valence-electron chi connectivity index (χ0n) is 17.0. The minimum atomic E-state index is -2.66. The molecule has 0 saturated heterocycles. The van der Waals surface area contributed by atoms with Crippen LogP contribution in [-0.2, 0) is 11.3 Å². The minimum Gasteiger partial charge on any atom is -0.368 e. The fourth-order valence-corrected chi connectivity index (χ4v) is 4.79. The van der Waals surface area contributed by atoms with Crippen LogP contribution < -0.4 is 5.32 Å². The number of nitrogens with zero attached hydrogens (tertiary/aromatic N) is 5. The molecule has 2 fully saturated rings. The Balaban J connectivity index is 1.33. The Morgan fingerprint density at radius 3 is 2.83 bits per heavy atom. The van der Waals surface area contributed by atoms with E-state index in [1.807, 2.05) is 11.9 Å². The number of amides is 1. The molecule has 2 aliphatic carbocycles. The van der Waals surface area contributed by atoms with Gasteiger partial charge in [0.2, 0.25) is 5.91 Å². The van der Waals surface area contributed by atoms with E-state index in [2.05, 4.69) is 20.3 Å². The summed E-state index contributed by atoms with van der Waals surface area (Å²) in [6, 6.07) is 0. The fraction of sp³-hybridized carbons (Fsp3) is 0.700. The van der Waals surface area contributed by atoms with Crippen LogP contribution in [0.3, 0.4) is 0 Å². The quantitative estimate of drug-likeness (QED) is 0.678. The van der Waals surface area contributed by atoms with Crippen molar-refractivity contribution in [1.29, 1.82) is 0 Å². The molecule has 0 aliphatic heterocycles. The molecule has 0 radical (unpaired) electrons. The van der Waals surface area contributed by atoms with E-state index < -0.39 is 6.43 Å². The topological polar surface area (TPSA) is 75.9 Å². The minimum absolute atomic E-state index is 0.218. The molecular formula is C20H28F2N6O. The average molecular weight is 406 g/mol. The van der Waals surface area contributed by atoms with Crippen molar-refractivity contribution in [3.63, 3.8) is 0 Å². The highest BCUT2D eigenvalue weighted by atomic mass is 19.3. The number of aromatic nitrogens is 4. The van der Waals surface area contributed by atoms with Crippen LogP contribution in [0.4, 0.5) is 14.6 Å². The first kappa shape index (κ1) is 20.0. The Hall–Kier alpha value is -2.32. The largest absolute Gasteiger partial charge is 0.368 e. The van der Waals surface area contributed by atoms with Gasteiger partial charge in [-0.25, -0.2) is 23.7 Å².